The normalized spacial score (nSPS) is 28.1. The van der Waals surface area contributed by atoms with Gasteiger partial charge in [-0.15, -0.1) is 0 Å². The molecule has 2 amide bonds. The monoisotopic (exact) mass is 331 g/mol. The first-order valence-electron chi connectivity index (χ1n) is 8.21. The summed E-state index contributed by atoms with van der Waals surface area (Å²) in [6.45, 7) is 1.55. The van der Waals surface area contributed by atoms with Crippen LogP contribution < -0.4 is 14.8 Å². The number of amides is 2. The molecular weight excluding hydrogens is 310 g/mol. The largest absolute Gasteiger partial charge is 0.454 e. The SMILES string of the molecule is CNC(=O)[C@H]1C[C@@H]2CN(C(=O)c3ccc4c(c3)OCO4)C[C@@H]2N1C. The summed E-state index contributed by atoms with van der Waals surface area (Å²) in [4.78, 5) is 28.7. The van der Waals surface area contributed by atoms with Crippen molar-refractivity contribution in [3.8, 4) is 11.5 Å². The molecule has 4 rings (SSSR count). The minimum atomic E-state index is -0.0900. The molecule has 3 aliphatic rings. The molecule has 0 unspecified atom stereocenters. The summed E-state index contributed by atoms with van der Waals surface area (Å²) in [5.74, 6) is 1.71. The Hall–Kier alpha value is -2.28. The fraction of sp³-hybridized carbons (Fsp3) is 0.529. The van der Waals surface area contributed by atoms with Crippen molar-refractivity contribution in [1.29, 1.82) is 0 Å². The number of ether oxygens (including phenoxy) is 2. The predicted octanol–water partition coefficient (Wildman–Crippen LogP) is 0.306. The van der Waals surface area contributed by atoms with E-state index in [2.05, 4.69) is 10.2 Å². The maximum atomic E-state index is 12.8. The molecule has 3 atom stereocenters. The quantitative estimate of drug-likeness (QED) is 0.844. The van der Waals surface area contributed by atoms with E-state index in [9.17, 15) is 9.59 Å². The Morgan fingerprint density at radius 3 is 2.75 bits per heavy atom. The second-order valence-corrected chi connectivity index (χ2v) is 6.64. The molecule has 0 aromatic heterocycles. The first-order valence-corrected chi connectivity index (χ1v) is 8.21. The third-order valence-electron chi connectivity index (χ3n) is 5.40. The molecule has 7 heteroatoms. The minimum Gasteiger partial charge on any atom is -0.454 e. The highest BCUT2D eigenvalue weighted by atomic mass is 16.7. The highest BCUT2D eigenvalue weighted by Gasteiger charge is 2.48. The van der Waals surface area contributed by atoms with Crippen molar-refractivity contribution in [1.82, 2.24) is 15.1 Å². The molecule has 2 saturated heterocycles. The summed E-state index contributed by atoms with van der Waals surface area (Å²) in [6, 6.07) is 5.45. The lowest BCUT2D eigenvalue weighted by atomic mass is 10.0. The molecule has 3 aliphatic heterocycles. The van der Waals surface area contributed by atoms with Crippen LogP contribution >= 0.6 is 0 Å². The third-order valence-corrected chi connectivity index (χ3v) is 5.40. The Kier molecular flexibility index (Phi) is 3.60. The summed E-state index contributed by atoms with van der Waals surface area (Å²) in [6.07, 6.45) is 0.797. The van der Waals surface area contributed by atoms with E-state index in [1.807, 2.05) is 11.9 Å². The van der Waals surface area contributed by atoms with Crippen LogP contribution in [0.5, 0.6) is 11.5 Å². The standard InChI is InChI=1S/C17H21N3O4/c1-18-16(21)12-5-11-7-20(8-13(11)19(12)2)17(22)10-3-4-14-15(6-10)24-9-23-14/h3-4,6,11-13H,5,7-9H2,1-2H3,(H,18,21)/t11-,12-,13+/m1/s1. The van der Waals surface area contributed by atoms with E-state index >= 15 is 0 Å². The van der Waals surface area contributed by atoms with Crippen LogP contribution in [0.25, 0.3) is 0 Å². The number of carbonyl (C=O) groups excluding carboxylic acids is 2. The highest BCUT2D eigenvalue weighted by molar-refractivity contribution is 5.95. The van der Waals surface area contributed by atoms with Crippen LogP contribution in [-0.4, -0.2) is 67.7 Å². The molecule has 0 radical (unpaired) electrons. The number of hydrogen-bond acceptors (Lipinski definition) is 5. The Bertz CT molecular complexity index is 692. The smallest absolute Gasteiger partial charge is 0.254 e. The van der Waals surface area contributed by atoms with Gasteiger partial charge >= 0.3 is 0 Å². The lowest BCUT2D eigenvalue weighted by Crippen LogP contribution is -2.45. The first kappa shape index (κ1) is 15.3. The summed E-state index contributed by atoms with van der Waals surface area (Å²) < 4.78 is 10.6. The van der Waals surface area contributed by atoms with Crippen LogP contribution in [0.15, 0.2) is 18.2 Å². The van der Waals surface area contributed by atoms with Crippen molar-refractivity contribution in [2.45, 2.75) is 18.5 Å². The van der Waals surface area contributed by atoms with Crippen LogP contribution in [0.4, 0.5) is 0 Å². The van der Waals surface area contributed by atoms with Gasteiger partial charge < -0.3 is 19.7 Å². The van der Waals surface area contributed by atoms with Crippen LogP contribution in [0.3, 0.4) is 0 Å². The molecule has 2 fully saturated rings. The Labute approximate surface area is 140 Å². The van der Waals surface area contributed by atoms with Gasteiger partial charge in [0, 0.05) is 31.7 Å². The third kappa shape index (κ3) is 2.31. The number of rotatable bonds is 2. The van der Waals surface area contributed by atoms with E-state index in [1.165, 1.54) is 0 Å². The van der Waals surface area contributed by atoms with Gasteiger partial charge in [0.2, 0.25) is 12.7 Å². The predicted molar refractivity (Wildman–Crippen MR) is 86.0 cm³/mol. The van der Waals surface area contributed by atoms with Crippen LogP contribution in [0, 0.1) is 5.92 Å². The molecule has 1 aromatic carbocycles. The topological polar surface area (TPSA) is 71.1 Å². The van der Waals surface area contributed by atoms with Crippen molar-refractivity contribution in [2.75, 3.05) is 34.0 Å². The first-order chi connectivity index (χ1) is 11.6. The number of carbonyl (C=O) groups is 2. The molecule has 7 nitrogen and oxygen atoms in total. The van der Waals surface area contributed by atoms with Crippen LogP contribution in [0.1, 0.15) is 16.8 Å². The van der Waals surface area contributed by atoms with E-state index in [0.717, 1.165) is 6.42 Å². The zero-order valence-corrected chi connectivity index (χ0v) is 13.8. The maximum absolute atomic E-state index is 12.8. The molecule has 1 aromatic rings. The molecule has 3 heterocycles. The van der Waals surface area contributed by atoms with Crippen molar-refractivity contribution in [2.24, 2.45) is 5.92 Å². The van der Waals surface area contributed by atoms with Gasteiger partial charge in [0.1, 0.15) is 0 Å². The van der Waals surface area contributed by atoms with Gasteiger partial charge in [-0.25, -0.2) is 0 Å². The molecule has 0 bridgehead atoms. The average molecular weight is 331 g/mol. The van der Waals surface area contributed by atoms with Gasteiger partial charge in [-0.1, -0.05) is 0 Å². The highest BCUT2D eigenvalue weighted by Crippen LogP contribution is 2.36. The maximum Gasteiger partial charge on any atom is 0.254 e. The number of likely N-dealkylation sites (N-methyl/N-ethyl adjacent to an activating group) is 2. The average Bonchev–Trinajstić information content (AvgIpc) is 3.28. The zero-order valence-electron chi connectivity index (χ0n) is 13.8. The summed E-state index contributed by atoms with van der Waals surface area (Å²) in [5.41, 5.74) is 0.615. The molecular formula is C17H21N3O4. The Morgan fingerprint density at radius 1 is 1.21 bits per heavy atom. The molecule has 24 heavy (non-hydrogen) atoms. The summed E-state index contributed by atoms with van der Waals surface area (Å²) >= 11 is 0. The second-order valence-electron chi connectivity index (χ2n) is 6.64. The van der Waals surface area contributed by atoms with Crippen LogP contribution in [0.2, 0.25) is 0 Å². The van der Waals surface area contributed by atoms with E-state index in [0.29, 0.717) is 36.1 Å². The van der Waals surface area contributed by atoms with Crippen molar-refractivity contribution >= 4 is 11.8 Å². The number of benzene rings is 1. The fourth-order valence-electron chi connectivity index (χ4n) is 4.07. The van der Waals surface area contributed by atoms with Crippen LogP contribution in [-0.2, 0) is 4.79 Å². The number of nitrogens with zero attached hydrogens (tertiary/aromatic N) is 2. The van der Waals surface area contributed by atoms with E-state index < -0.39 is 0 Å². The van der Waals surface area contributed by atoms with Gasteiger partial charge in [-0.05, 0) is 37.6 Å². The lowest BCUT2D eigenvalue weighted by Gasteiger charge is -2.25. The number of likely N-dealkylation sites (tertiary alicyclic amines) is 2. The zero-order chi connectivity index (χ0) is 16.8. The van der Waals surface area contributed by atoms with E-state index in [1.54, 1.807) is 25.2 Å². The summed E-state index contributed by atoms with van der Waals surface area (Å²) in [5, 5.41) is 2.72. The Morgan fingerprint density at radius 2 is 2.00 bits per heavy atom. The fourth-order valence-corrected chi connectivity index (χ4v) is 4.07. The number of fused-ring (bicyclic) bond motifs is 2. The molecule has 0 spiro atoms. The molecule has 0 aliphatic carbocycles. The van der Waals surface area contributed by atoms with Crippen molar-refractivity contribution in [3.05, 3.63) is 23.8 Å². The Balaban J connectivity index is 1.47. The molecule has 128 valence electrons. The van der Waals surface area contributed by atoms with E-state index in [4.69, 9.17) is 9.47 Å². The molecule has 0 saturated carbocycles. The number of nitrogens with one attached hydrogen (secondary N) is 1. The van der Waals surface area contributed by atoms with Gasteiger partial charge in [0.25, 0.3) is 5.91 Å². The summed E-state index contributed by atoms with van der Waals surface area (Å²) in [7, 11) is 3.64. The van der Waals surface area contributed by atoms with Gasteiger partial charge in [-0.3, -0.25) is 14.5 Å². The minimum absolute atomic E-state index is 0.00703. The second kappa shape index (κ2) is 5.66. The number of hydrogen-bond donors (Lipinski definition) is 1. The lowest BCUT2D eigenvalue weighted by molar-refractivity contribution is -0.125. The van der Waals surface area contributed by atoms with Crippen molar-refractivity contribution in [3.63, 3.8) is 0 Å². The van der Waals surface area contributed by atoms with Gasteiger partial charge in [-0.2, -0.15) is 0 Å². The van der Waals surface area contributed by atoms with Gasteiger partial charge in [0.05, 0.1) is 6.04 Å². The van der Waals surface area contributed by atoms with E-state index in [-0.39, 0.29) is 30.7 Å². The van der Waals surface area contributed by atoms with Gasteiger partial charge in [0.15, 0.2) is 11.5 Å². The van der Waals surface area contributed by atoms with Crippen molar-refractivity contribution < 1.29 is 19.1 Å². The molecule has 1 N–H and O–H groups in total.